The van der Waals surface area contributed by atoms with Gasteiger partial charge in [0.15, 0.2) is 11.6 Å². The standard InChI is InChI=1S/C29H25ClF2N10O2.C7H12FN/c1-15-9-21(35)18(11-34)22(23(15)30)26-24(32)25-19(13-38-26)27(40-29(39-25)44-2)41-7-8-42(17(14-41)3-4-33)28(43)20(31)10-16-12-36-5-6-37-16;8-6-4-7-2-1-3-9(7)5-6/h5-6,9-13,17,34H,3,7-8,14,35H2,1-2H3;6-7H,1-5H2/b20-10-,34-11?;. The summed E-state index contributed by atoms with van der Waals surface area (Å²) >= 11 is 6.54. The zero-order valence-corrected chi connectivity index (χ0v) is 29.8. The van der Waals surface area contributed by atoms with E-state index >= 15 is 4.39 Å². The molecule has 0 saturated carbocycles. The fraction of sp³-hybridized carbons (Fsp3) is 0.389. The summed E-state index contributed by atoms with van der Waals surface area (Å²) in [6, 6.07) is 3.39. The van der Waals surface area contributed by atoms with Crippen LogP contribution in [0.25, 0.3) is 28.2 Å². The number of carbonyl (C=O) groups excluding carboxylic acids is 1. The van der Waals surface area contributed by atoms with Gasteiger partial charge in [0.2, 0.25) is 0 Å². The van der Waals surface area contributed by atoms with Gasteiger partial charge in [-0.25, -0.2) is 13.2 Å². The van der Waals surface area contributed by atoms with Gasteiger partial charge in [-0.2, -0.15) is 15.2 Å². The molecule has 13 nitrogen and oxygen atoms in total. The molecule has 3 unspecified atom stereocenters. The number of rotatable bonds is 7. The van der Waals surface area contributed by atoms with Crippen LogP contribution in [0.15, 0.2) is 36.7 Å². The van der Waals surface area contributed by atoms with E-state index in [4.69, 9.17) is 27.5 Å². The zero-order valence-electron chi connectivity index (χ0n) is 29.1. The number of hydrogen-bond donors (Lipinski definition) is 2. The van der Waals surface area contributed by atoms with Crippen LogP contribution in [-0.2, 0) is 4.79 Å². The number of aryl methyl sites for hydroxylation is 1. The number of methoxy groups -OCH3 is 1. The van der Waals surface area contributed by atoms with Crippen LogP contribution in [0.4, 0.5) is 24.7 Å². The van der Waals surface area contributed by atoms with Crippen molar-refractivity contribution in [2.24, 2.45) is 0 Å². The van der Waals surface area contributed by atoms with Crippen molar-refractivity contribution in [2.75, 3.05) is 50.5 Å². The molecule has 1 aromatic carbocycles. The third kappa shape index (κ3) is 7.72. The Labute approximate surface area is 308 Å². The second-order valence-corrected chi connectivity index (χ2v) is 13.3. The van der Waals surface area contributed by atoms with Crippen LogP contribution >= 0.6 is 11.6 Å². The summed E-state index contributed by atoms with van der Waals surface area (Å²) in [6.07, 6.45) is 10.2. The Hall–Kier alpha value is -5.40. The third-order valence-corrected chi connectivity index (χ3v) is 10.1. The summed E-state index contributed by atoms with van der Waals surface area (Å²) in [4.78, 5) is 39.2. The molecule has 53 heavy (non-hydrogen) atoms. The molecular weight excluding hydrogens is 711 g/mol. The van der Waals surface area contributed by atoms with Crippen molar-refractivity contribution in [2.45, 2.75) is 50.9 Å². The van der Waals surface area contributed by atoms with E-state index in [-0.39, 0.29) is 82.0 Å². The minimum absolute atomic E-state index is 0.0373. The summed E-state index contributed by atoms with van der Waals surface area (Å²) in [7, 11) is 1.33. The lowest BCUT2D eigenvalue weighted by atomic mass is 9.98. The van der Waals surface area contributed by atoms with Gasteiger partial charge in [0, 0.05) is 79.9 Å². The number of aromatic nitrogens is 5. The molecule has 1 amide bonds. The summed E-state index contributed by atoms with van der Waals surface area (Å²) < 4.78 is 49.1. The van der Waals surface area contributed by atoms with Crippen molar-refractivity contribution in [1.29, 1.82) is 10.7 Å². The maximum atomic E-state index is 16.3. The maximum Gasteiger partial charge on any atom is 0.318 e. The molecule has 6 heterocycles. The molecule has 17 heteroatoms. The van der Waals surface area contributed by atoms with Gasteiger partial charge in [0.05, 0.1) is 47.9 Å². The van der Waals surface area contributed by atoms with Gasteiger partial charge in [0.25, 0.3) is 5.91 Å². The van der Waals surface area contributed by atoms with Crippen molar-refractivity contribution in [3.8, 4) is 23.3 Å². The molecular formula is C36H37ClF3N11O2. The zero-order chi connectivity index (χ0) is 37.8. The third-order valence-electron chi connectivity index (χ3n) is 9.62. The quantitative estimate of drug-likeness (QED) is 0.143. The number of anilines is 2. The van der Waals surface area contributed by atoms with E-state index in [0.717, 1.165) is 25.3 Å². The summed E-state index contributed by atoms with van der Waals surface area (Å²) in [5.74, 6) is -2.53. The Morgan fingerprint density at radius 3 is 2.72 bits per heavy atom. The highest BCUT2D eigenvalue weighted by atomic mass is 35.5. The number of nitrogen functional groups attached to an aromatic ring is 1. The molecule has 3 N–H and O–H groups in total. The SMILES string of the molecule is COc1nc(N2CCN(C(=O)/C(F)=C/c3cnccn3)C(CC#N)C2)c2cnc(-c3c(Cl)c(C)cc(N)c3C=N)c(F)c2n1.FC1CC2CCCN2C1. The number of amides is 1. The van der Waals surface area contributed by atoms with E-state index < -0.39 is 29.8 Å². The van der Waals surface area contributed by atoms with Gasteiger partial charge >= 0.3 is 6.01 Å². The molecule has 276 valence electrons. The number of ether oxygens (including phenoxy) is 1. The van der Waals surface area contributed by atoms with Crippen LogP contribution in [0.1, 0.15) is 42.5 Å². The number of nitrogens with one attached hydrogen (secondary N) is 1. The first-order chi connectivity index (χ1) is 25.5. The van der Waals surface area contributed by atoms with Gasteiger partial charge in [-0.05, 0) is 44.4 Å². The molecule has 3 aliphatic rings. The number of hydrogen-bond acceptors (Lipinski definition) is 12. The Balaban J connectivity index is 0.000000461. The second kappa shape index (κ2) is 16.1. The molecule has 0 aliphatic carbocycles. The van der Waals surface area contributed by atoms with E-state index in [9.17, 15) is 18.8 Å². The van der Waals surface area contributed by atoms with Crippen LogP contribution in [0, 0.1) is 29.5 Å². The van der Waals surface area contributed by atoms with Gasteiger partial charge in [0.1, 0.15) is 23.2 Å². The minimum Gasteiger partial charge on any atom is -0.467 e. The molecule has 0 bridgehead atoms. The van der Waals surface area contributed by atoms with Crippen LogP contribution < -0.4 is 15.4 Å². The second-order valence-electron chi connectivity index (χ2n) is 13.0. The van der Waals surface area contributed by atoms with Crippen LogP contribution in [0.5, 0.6) is 6.01 Å². The van der Waals surface area contributed by atoms with Gasteiger partial charge < -0.3 is 25.7 Å². The number of piperazine rings is 1. The van der Waals surface area contributed by atoms with E-state index in [0.29, 0.717) is 18.2 Å². The summed E-state index contributed by atoms with van der Waals surface area (Å²) in [5, 5.41) is 17.8. The number of pyridine rings is 1. The molecule has 3 fully saturated rings. The monoisotopic (exact) mass is 747 g/mol. The Morgan fingerprint density at radius 2 is 2.02 bits per heavy atom. The van der Waals surface area contributed by atoms with Crippen molar-refractivity contribution in [1.82, 2.24) is 34.7 Å². The lowest BCUT2D eigenvalue weighted by Crippen LogP contribution is -2.55. The fourth-order valence-electron chi connectivity index (χ4n) is 7.09. The van der Waals surface area contributed by atoms with E-state index in [1.165, 1.54) is 49.6 Å². The smallest absolute Gasteiger partial charge is 0.318 e. The minimum atomic E-state index is -1.05. The van der Waals surface area contributed by atoms with Crippen molar-refractivity contribution < 1.29 is 22.7 Å². The Kier molecular flexibility index (Phi) is 11.3. The summed E-state index contributed by atoms with van der Waals surface area (Å²) in [6.45, 7) is 3.85. The fourth-order valence-corrected chi connectivity index (χ4v) is 7.33. The lowest BCUT2D eigenvalue weighted by Gasteiger charge is -2.41. The molecule has 3 saturated heterocycles. The predicted molar refractivity (Wildman–Crippen MR) is 194 cm³/mol. The highest BCUT2D eigenvalue weighted by Crippen LogP contribution is 2.39. The summed E-state index contributed by atoms with van der Waals surface area (Å²) in [5.41, 5.74) is 7.14. The molecule has 3 atom stereocenters. The van der Waals surface area contributed by atoms with Crippen LogP contribution in [-0.4, -0.2) is 105 Å². The molecule has 4 aromatic rings. The number of fused-ring (bicyclic) bond motifs is 2. The predicted octanol–water partition coefficient (Wildman–Crippen LogP) is 5.31. The molecule has 0 radical (unpaired) electrons. The number of carbonyl (C=O) groups is 1. The van der Waals surface area contributed by atoms with Crippen LogP contribution in [0.2, 0.25) is 5.02 Å². The lowest BCUT2D eigenvalue weighted by molar-refractivity contribution is -0.131. The molecule has 0 spiro atoms. The largest absolute Gasteiger partial charge is 0.467 e. The number of nitrogens with zero attached hydrogens (tertiary/aromatic N) is 9. The topological polar surface area (TPSA) is 174 Å². The van der Waals surface area contributed by atoms with E-state index in [2.05, 4.69) is 29.8 Å². The molecule has 7 rings (SSSR count). The normalized spacial score (nSPS) is 20.1. The van der Waals surface area contributed by atoms with Crippen LogP contribution in [0.3, 0.4) is 0 Å². The van der Waals surface area contributed by atoms with Gasteiger partial charge in [-0.3, -0.25) is 24.6 Å². The first-order valence-corrected chi connectivity index (χ1v) is 17.4. The maximum absolute atomic E-state index is 16.3. The Morgan fingerprint density at radius 1 is 1.21 bits per heavy atom. The molecule has 3 aliphatic heterocycles. The number of alkyl halides is 1. The first-order valence-electron chi connectivity index (χ1n) is 17.0. The first kappa shape index (κ1) is 37.4. The number of halogens is 4. The van der Waals surface area contributed by atoms with Gasteiger partial charge in [-0.15, -0.1) is 0 Å². The highest BCUT2D eigenvalue weighted by Gasteiger charge is 2.36. The molecule has 3 aromatic heterocycles. The van der Waals surface area contributed by atoms with Crippen molar-refractivity contribution in [3.63, 3.8) is 0 Å². The van der Waals surface area contributed by atoms with Gasteiger partial charge in [-0.1, -0.05) is 11.6 Å². The average molecular weight is 748 g/mol. The van der Waals surface area contributed by atoms with Crippen molar-refractivity contribution in [3.05, 3.63) is 64.3 Å². The number of nitrogens with two attached hydrogens (primary N) is 1. The highest BCUT2D eigenvalue weighted by molar-refractivity contribution is 6.35. The van der Waals surface area contributed by atoms with E-state index in [1.54, 1.807) is 17.9 Å². The average Bonchev–Trinajstić information content (AvgIpc) is 3.74. The van der Waals surface area contributed by atoms with Crippen molar-refractivity contribution >= 4 is 52.2 Å². The number of nitriles is 1. The Bertz CT molecular complexity index is 2090. The van der Waals surface area contributed by atoms with E-state index in [1.807, 2.05) is 6.07 Å². The number of benzene rings is 1.